The zero-order chi connectivity index (χ0) is 20.9. The molecule has 150 valence electrons. The molecule has 0 atom stereocenters. The Balaban J connectivity index is 2.40. The van der Waals surface area contributed by atoms with Crippen molar-refractivity contribution in [3.05, 3.63) is 40.9 Å². The number of halogens is 2. The van der Waals surface area contributed by atoms with Gasteiger partial charge in [0.25, 0.3) is 0 Å². The van der Waals surface area contributed by atoms with Crippen molar-refractivity contribution in [2.45, 2.75) is 25.7 Å². The van der Waals surface area contributed by atoms with Gasteiger partial charge in [0.1, 0.15) is 5.69 Å². The molecule has 0 saturated carbocycles. The molecule has 0 fully saturated rings. The summed E-state index contributed by atoms with van der Waals surface area (Å²) in [7, 11) is -4.80. The zero-order valence-corrected chi connectivity index (χ0v) is 18.0. The molecule has 0 aliphatic rings. The van der Waals surface area contributed by atoms with Crippen molar-refractivity contribution < 1.29 is 17.1 Å². The van der Waals surface area contributed by atoms with Crippen LogP contribution in [-0.2, 0) is 15.0 Å². The Bertz CT molecular complexity index is 1010. The summed E-state index contributed by atoms with van der Waals surface area (Å²) in [6.07, 6.45) is 0. The molecule has 0 spiro atoms. The molecule has 0 saturated heterocycles. The van der Waals surface area contributed by atoms with E-state index in [4.69, 9.17) is 0 Å². The van der Waals surface area contributed by atoms with E-state index in [1.807, 2.05) is 26.0 Å². The number of benzene rings is 2. The van der Waals surface area contributed by atoms with Gasteiger partial charge in [-0.3, -0.25) is 4.79 Å². The summed E-state index contributed by atoms with van der Waals surface area (Å²) in [5.74, 6) is -0.244. The number of hydrogen-bond donors (Lipinski definition) is 1. The molecule has 28 heavy (non-hydrogen) atoms. The molecule has 2 aromatic carbocycles. The van der Waals surface area contributed by atoms with Crippen molar-refractivity contribution in [2.75, 3.05) is 23.3 Å². The standard InChI is InChI=1S/C18H20BrFN4O3S/c1-4-24(5-2)13-6-8-17(18(10-13)21-12(3)25)23-22-16-9-7-14(11-15(16)19)28(20,26)27/h6-11H,4-5H2,1-3H3,(H,21,25). The number of hydrogen-bond acceptors (Lipinski definition) is 6. The van der Waals surface area contributed by atoms with Gasteiger partial charge in [0.05, 0.1) is 16.3 Å². The molecular weight excluding hydrogens is 451 g/mol. The second-order valence-electron chi connectivity index (χ2n) is 5.81. The van der Waals surface area contributed by atoms with Gasteiger partial charge in [0, 0.05) is 30.2 Å². The van der Waals surface area contributed by atoms with Crippen molar-refractivity contribution in [3.8, 4) is 0 Å². The zero-order valence-electron chi connectivity index (χ0n) is 15.6. The van der Waals surface area contributed by atoms with E-state index in [0.717, 1.165) is 30.9 Å². The summed E-state index contributed by atoms with van der Waals surface area (Å²) < 4.78 is 35.3. The van der Waals surface area contributed by atoms with E-state index in [-0.39, 0.29) is 10.4 Å². The van der Waals surface area contributed by atoms with E-state index < -0.39 is 15.1 Å². The Morgan fingerprint density at radius 2 is 1.71 bits per heavy atom. The average molecular weight is 471 g/mol. The fourth-order valence-electron chi connectivity index (χ4n) is 2.51. The highest BCUT2D eigenvalue weighted by atomic mass is 79.9. The lowest BCUT2D eigenvalue weighted by Gasteiger charge is -2.22. The van der Waals surface area contributed by atoms with Crippen molar-refractivity contribution in [1.82, 2.24) is 0 Å². The predicted molar refractivity (Wildman–Crippen MR) is 111 cm³/mol. The molecule has 1 amide bonds. The highest BCUT2D eigenvalue weighted by Gasteiger charge is 2.14. The van der Waals surface area contributed by atoms with Gasteiger partial charge in [0.2, 0.25) is 5.91 Å². The number of amides is 1. The lowest BCUT2D eigenvalue weighted by atomic mass is 10.2. The summed E-state index contributed by atoms with van der Waals surface area (Å²) in [6, 6.07) is 8.98. The maximum atomic E-state index is 13.1. The van der Waals surface area contributed by atoms with Crippen LogP contribution in [0.5, 0.6) is 0 Å². The van der Waals surface area contributed by atoms with Crippen LogP contribution in [0.3, 0.4) is 0 Å². The van der Waals surface area contributed by atoms with Crippen LogP contribution in [0.2, 0.25) is 0 Å². The number of anilines is 2. The van der Waals surface area contributed by atoms with Gasteiger partial charge in [-0.2, -0.15) is 8.42 Å². The molecule has 2 rings (SSSR count). The summed E-state index contributed by atoms with van der Waals surface area (Å²) >= 11 is 3.16. The highest BCUT2D eigenvalue weighted by Crippen LogP contribution is 2.34. The van der Waals surface area contributed by atoms with E-state index in [1.54, 1.807) is 6.07 Å². The number of nitrogens with one attached hydrogen (secondary N) is 1. The topological polar surface area (TPSA) is 91.2 Å². The number of rotatable bonds is 7. The third-order valence-corrected chi connectivity index (χ3v) is 5.34. The smallest absolute Gasteiger partial charge is 0.332 e. The summed E-state index contributed by atoms with van der Waals surface area (Å²) in [4.78, 5) is 13.2. The Morgan fingerprint density at radius 1 is 1.11 bits per heavy atom. The number of carbonyl (C=O) groups excluding carboxylic acids is 1. The number of nitrogens with zero attached hydrogens (tertiary/aromatic N) is 3. The van der Waals surface area contributed by atoms with Crippen LogP contribution in [0.15, 0.2) is 56.0 Å². The minimum absolute atomic E-state index is 0.244. The van der Waals surface area contributed by atoms with Crippen LogP contribution in [0, 0.1) is 0 Å². The summed E-state index contributed by atoms with van der Waals surface area (Å²) in [6.45, 7) is 7.10. The van der Waals surface area contributed by atoms with Crippen molar-refractivity contribution >= 4 is 54.8 Å². The minimum Gasteiger partial charge on any atom is -0.372 e. The maximum Gasteiger partial charge on any atom is 0.332 e. The van der Waals surface area contributed by atoms with Gasteiger partial charge in [-0.05, 0) is 66.2 Å². The quantitative estimate of drug-likeness (QED) is 0.437. The number of carbonyl (C=O) groups is 1. The third kappa shape index (κ3) is 5.59. The van der Waals surface area contributed by atoms with Gasteiger partial charge in [0.15, 0.2) is 0 Å². The fourth-order valence-corrected chi connectivity index (χ4v) is 3.61. The summed E-state index contributed by atoms with van der Waals surface area (Å²) in [5.41, 5.74) is 2.18. The highest BCUT2D eigenvalue weighted by molar-refractivity contribution is 9.10. The van der Waals surface area contributed by atoms with Crippen LogP contribution in [0.25, 0.3) is 0 Å². The monoisotopic (exact) mass is 470 g/mol. The summed E-state index contributed by atoms with van der Waals surface area (Å²) in [5, 5.41) is 11.0. The molecule has 0 unspecified atom stereocenters. The lowest BCUT2D eigenvalue weighted by Crippen LogP contribution is -2.21. The van der Waals surface area contributed by atoms with Crippen molar-refractivity contribution in [3.63, 3.8) is 0 Å². The van der Waals surface area contributed by atoms with Crippen LogP contribution in [-0.4, -0.2) is 27.4 Å². The Morgan fingerprint density at radius 3 is 2.25 bits per heavy atom. The average Bonchev–Trinajstić information content (AvgIpc) is 2.61. The van der Waals surface area contributed by atoms with E-state index in [9.17, 15) is 17.1 Å². The first kappa shape index (κ1) is 22.0. The second kappa shape index (κ2) is 9.24. The van der Waals surface area contributed by atoms with Gasteiger partial charge >= 0.3 is 10.2 Å². The molecule has 0 aliphatic carbocycles. The first-order valence-corrected chi connectivity index (χ1v) is 10.7. The lowest BCUT2D eigenvalue weighted by molar-refractivity contribution is -0.114. The van der Waals surface area contributed by atoms with Crippen LogP contribution < -0.4 is 10.2 Å². The molecule has 7 nitrogen and oxygen atoms in total. The molecule has 0 heterocycles. The van der Waals surface area contributed by atoms with Crippen molar-refractivity contribution in [1.29, 1.82) is 0 Å². The van der Waals surface area contributed by atoms with Gasteiger partial charge in [-0.1, -0.05) is 0 Å². The predicted octanol–water partition coefficient (Wildman–Crippen LogP) is 5.33. The first-order chi connectivity index (χ1) is 13.2. The van der Waals surface area contributed by atoms with Crippen LogP contribution in [0.1, 0.15) is 20.8 Å². The Kier molecular flexibility index (Phi) is 7.25. The molecule has 0 aliphatic heterocycles. The fraction of sp³-hybridized carbons (Fsp3) is 0.278. The SMILES string of the molecule is CCN(CC)c1ccc(N=Nc2ccc(S(=O)(=O)F)cc2Br)c(NC(C)=O)c1. The van der Waals surface area contributed by atoms with Crippen LogP contribution >= 0.6 is 15.9 Å². The maximum absolute atomic E-state index is 13.1. The Hall–Kier alpha value is -2.33. The normalized spacial score (nSPS) is 11.6. The molecule has 10 heteroatoms. The van der Waals surface area contributed by atoms with Crippen LogP contribution in [0.4, 0.5) is 26.6 Å². The van der Waals surface area contributed by atoms with Crippen molar-refractivity contribution in [2.24, 2.45) is 10.2 Å². The molecule has 0 aromatic heterocycles. The second-order valence-corrected chi connectivity index (χ2v) is 8.01. The molecular formula is C18H20BrFN4O3S. The van der Waals surface area contributed by atoms with E-state index >= 15 is 0 Å². The Labute approximate surface area is 172 Å². The van der Waals surface area contributed by atoms with Gasteiger partial charge in [-0.25, -0.2) is 0 Å². The molecule has 1 N–H and O–H groups in total. The number of azo groups is 1. The van der Waals surface area contributed by atoms with Gasteiger partial charge in [-0.15, -0.1) is 14.1 Å². The first-order valence-electron chi connectivity index (χ1n) is 8.48. The van der Waals surface area contributed by atoms with Gasteiger partial charge < -0.3 is 10.2 Å². The van der Waals surface area contributed by atoms with E-state index in [0.29, 0.717) is 17.1 Å². The largest absolute Gasteiger partial charge is 0.372 e. The minimum atomic E-state index is -4.80. The molecule has 0 bridgehead atoms. The molecule has 0 radical (unpaired) electrons. The third-order valence-electron chi connectivity index (χ3n) is 3.89. The van der Waals surface area contributed by atoms with E-state index in [2.05, 4.69) is 36.4 Å². The van der Waals surface area contributed by atoms with E-state index in [1.165, 1.54) is 13.0 Å². The molecule has 2 aromatic rings.